The molecule has 0 radical (unpaired) electrons. The molecule has 1 heterocycles. The van der Waals surface area contributed by atoms with Crippen molar-refractivity contribution in [2.75, 3.05) is 0 Å². The molecule has 0 bridgehead atoms. The second-order valence-corrected chi connectivity index (χ2v) is 3.35. The molecule has 1 aromatic heterocycles. The van der Waals surface area contributed by atoms with E-state index in [1.807, 2.05) is 13.8 Å². The van der Waals surface area contributed by atoms with E-state index in [0.29, 0.717) is 5.69 Å². The molecular formula is C9H13N3O2. The van der Waals surface area contributed by atoms with Crippen molar-refractivity contribution < 1.29 is 9.90 Å². The molecule has 0 atom stereocenters. The molecule has 5 heteroatoms. The fourth-order valence-corrected chi connectivity index (χ4v) is 0.892. The van der Waals surface area contributed by atoms with Gasteiger partial charge in [0.25, 0.3) is 0 Å². The fraction of sp³-hybridized carbons (Fsp3) is 0.444. The van der Waals surface area contributed by atoms with Crippen LogP contribution in [0.25, 0.3) is 6.08 Å². The van der Waals surface area contributed by atoms with E-state index in [9.17, 15) is 4.79 Å². The van der Waals surface area contributed by atoms with Crippen molar-refractivity contribution >= 4 is 12.0 Å². The van der Waals surface area contributed by atoms with Crippen molar-refractivity contribution in [3.05, 3.63) is 17.5 Å². The summed E-state index contributed by atoms with van der Waals surface area (Å²) in [5, 5.41) is 16.3. The average Bonchev–Trinajstić information content (AvgIpc) is 2.52. The molecule has 1 rings (SSSR count). The minimum atomic E-state index is -0.941. The number of rotatable bonds is 3. The molecule has 0 spiro atoms. The molecule has 14 heavy (non-hydrogen) atoms. The monoisotopic (exact) mass is 195 g/mol. The largest absolute Gasteiger partial charge is 0.478 e. The molecule has 5 nitrogen and oxygen atoms in total. The molecule has 0 saturated carbocycles. The molecule has 1 aromatic rings. The lowest BCUT2D eigenvalue weighted by Crippen LogP contribution is -2.00. The first-order valence-electron chi connectivity index (χ1n) is 4.34. The number of aliphatic carboxylic acids is 1. The van der Waals surface area contributed by atoms with Gasteiger partial charge in [-0.15, -0.1) is 5.10 Å². The fourth-order valence-electron chi connectivity index (χ4n) is 0.892. The predicted octanol–water partition coefficient (Wildman–Crippen LogP) is 1.35. The standard InChI is InChI=1S/C9H13N3O2/c1-6(2)12-5-8(10-11-12)4-7(3)9(13)14/h4-6H,1-3H3,(H,13,14)/b7-4-. The predicted molar refractivity (Wildman–Crippen MR) is 51.7 cm³/mol. The number of carboxylic acids is 1. The van der Waals surface area contributed by atoms with Crippen molar-refractivity contribution in [1.82, 2.24) is 15.0 Å². The maximum atomic E-state index is 10.5. The molecule has 0 amide bonds. The van der Waals surface area contributed by atoms with Crippen LogP contribution in [-0.4, -0.2) is 26.1 Å². The van der Waals surface area contributed by atoms with Gasteiger partial charge in [0.2, 0.25) is 0 Å². The second kappa shape index (κ2) is 4.04. The number of carbonyl (C=O) groups is 1. The van der Waals surface area contributed by atoms with Gasteiger partial charge in [0.15, 0.2) is 0 Å². The Balaban J connectivity index is 2.88. The summed E-state index contributed by atoms with van der Waals surface area (Å²) in [6.07, 6.45) is 3.21. The van der Waals surface area contributed by atoms with E-state index < -0.39 is 5.97 Å². The van der Waals surface area contributed by atoms with Gasteiger partial charge in [-0.2, -0.15) is 0 Å². The Labute approximate surface area is 82.0 Å². The molecule has 0 aliphatic carbocycles. The highest BCUT2D eigenvalue weighted by Crippen LogP contribution is 2.06. The van der Waals surface area contributed by atoms with Crippen LogP contribution in [-0.2, 0) is 4.79 Å². The van der Waals surface area contributed by atoms with Gasteiger partial charge in [-0.1, -0.05) is 5.21 Å². The molecular weight excluding hydrogens is 182 g/mol. The number of hydrogen-bond donors (Lipinski definition) is 1. The summed E-state index contributed by atoms with van der Waals surface area (Å²) in [7, 11) is 0. The van der Waals surface area contributed by atoms with Crippen molar-refractivity contribution in [3.63, 3.8) is 0 Å². The summed E-state index contributed by atoms with van der Waals surface area (Å²) < 4.78 is 1.68. The van der Waals surface area contributed by atoms with E-state index in [2.05, 4.69) is 10.3 Å². The zero-order valence-electron chi connectivity index (χ0n) is 8.43. The Hall–Kier alpha value is -1.65. The van der Waals surface area contributed by atoms with Crippen LogP contribution in [0.15, 0.2) is 11.8 Å². The summed E-state index contributed by atoms with van der Waals surface area (Å²) in [5.41, 5.74) is 0.819. The smallest absolute Gasteiger partial charge is 0.331 e. The quantitative estimate of drug-likeness (QED) is 0.739. The third-order valence-corrected chi connectivity index (χ3v) is 1.76. The summed E-state index contributed by atoms with van der Waals surface area (Å²) >= 11 is 0. The van der Waals surface area contributed by atoms with Crippen LogP contribution >= 0.6 is 0 Å². The third-order valence-electron chi connectivity index (χ3n) is 1.76. The normalized spacial score (nSPS) is 12.1. The van der Waals surface area contributed by atoms with E-state index in [4.69, 9.17) is 5.11 Å². The Morgan fingerprint density at radius 3 is 2.71 bits per heavy atom. The van der Waals surface area contributed by atoms with Crippen molar-refractivity contribution in [3.8, 4) is 0 Å². The molecule has 0 aromatic carbocycles. The molecule has 1 N–H and O–H groups in total. The second-order valence-electron chi connectivity index (χ2n) is 3.35. The Morgan fingerprint density at radius 2 is 2.29 bits per heavy atom. The topological polar surface area (TPSA) is 68.0 Å². The lowest BCUT2D eigenvalue weighted by atomic mass is 10.2. The van der Waals surface area contributed by atoms with E-state index >= 15 is 0 Å². The van der Waals surface area contributed by atoms with Crippen LogP contribution in [0.2, 0.25) is 0 Å². The highest BCUT2D eigenvalue weighted by atomic mass is 16.4. The van der Waals surface area contributed by atoms with Crippen molar-refractivity contribution in [1.29, 1.82) is 0 Å². The van der Waals surface area contributed by atoms with Gasteiger partial charge < -0.3 is 5.11 Å². The van der Waals surface area contributed by atoms with Crippen LogP contribution in [0.1, 0.15) is 32.5 Å². The highest BCUT2D eigenvalue weighted by molar-refractivity contribution is 5.90. The van der Waals surface area contributed by atoms with Crippen LogP contribution in [0.4, 0.5) is 0 Å². The molecule has 0 aliphatic rings. The van der Waals surface area contributed by atoms with Crippen LogP contribution in [0.3, 0.4) is 0 Å². The number of carboxylic acid groups (broad SMARTS) is 1. The van der Waals surface area contributed by atoms with E-state index in [1.165, 1.54) is 13.0 Å². The number of aromatic nitrogens is 3. The molecule has 0 saturated heterocycles. The zero-order chi connectivity index (χ0) is 10.7. The SMILES string of the molecule is C/C(=C/c1cn(C(C)C)nn1)C(=O)O. The summed E-state index contributed by atoms with van der Waals surface area (Å²) in [4.78, 5) is 10.5. The minimum Gasteiger partial charge on any atom is -0.478 e. The van der Waals surface area contributed by atoms with Crippen molar-refractivity contribution in [2.24, 2.45) is 0 Å². The molecule has 0 aliphatic heterocycles. The van der Waals surface area contributed by atoms with Gasteiger partial charge in [-0.05, 0) is 26.8 Å². The minimum absolute atomic E-state index is 0.231. The van der Waals surface area contributed by atoms with Gasteiger partial charge in [0.1, 0.15) is 5.69 Å². The molecule has 0 unspecified atom stereocenters. The average molecular weight is 195 g/mol. The van der Waals surface area contributed by atoms with E-state index in [-0.39, 0.29) is 11.6 Å². The number of hydrogen-bond acceptors (Lipinski definition) is 3. The van der Waals surface area contributed by atoms with Gasteiger partial charge >= 0.3 is 5.97 Å². The maximum absolute atomic E-state index is 10.5. The van der Waals surface area contributed by atoms with E-state index in [0.717, 1.165) is 0 Å². The first kappa shape index (κ1) is 10.4. The Bertz CT molecular complexity index is 366. The molecule has 0 fully saturated rings. The summed E-state index contributed by atoms with van der Waals surface area (Å²) in [5.74, 6) is -0.941. The highest BCUT2D eigenvalue weighted by Gasteiger charge is 2.04. The van der Waals surface area contributed by atoms with Crippen LogP contribution in [0.5, 0.6) is 0 Å². The summed E-state index contributed by atoms with van der Waals surface area (Å²) in [6, 6.07) is 0.231. The third kappa shape index (κ3) is 2.42. The van der Waals surface area contributed by atoms with Gasteiger partial charge in [0, 0.05) is 11.6 Å². The lowest BCUT2D eigenvalue weighted by Gasteiger charge is -2.00. The Morgan fingerprint density at radius 1 is 1.64 bits per heavy atom. The van der Waals surface area contributed by atoms with Gasteiger partial charge in [0.05, 0.1) is 6.20 Å². The lowest BCUT2D eigenvalue weighted by molar-refractivity contribution is -0.132. The number of nitrogens with zero attached hydrogens (tertiary/aromatic N) is 3. The van der Waals surface area contributed by atoms with Crippen LogP contribution in [0, 0.1) is 0 Å². The van der Waals surface area contributed by atoms with Gasteiger partial charge in [-0.25, -0.2) is 9.48 Å². The first-order valence-corrected chi connectivity index (χ1v) is 4.34. The first-order chi connectivity index (χ1) is 6.50. The Kier molecular flexibility index (Phi) is 3.01. The van der Waals surface area contributed by atoms with Crippen LogP contribution < -0.4 is 0 Å². The zero-order valence-corrected chi connectivity index (χ0v) is 8.43. The summed E-state index contributed by atoms with van der Waals surface area (Å²) in [6.45, 7) is 5.48. The van der Waals surface area contributed by atoms with Crippen molar-refractivity contribution in [2.45, 2.75) is 26.8 Å². The van der Waals surface area contributed by atoms with E-state index in [1.54, 1.807) is 10.9 Å². The molecule has 76 valence electrons. The maximum Gasteiger partial charge on any atom is 0.331 e. The van der Waals surface area contributed by atoms with Gasteiger partial charge in [-0.3, -0.25) is 0 Å².